The summed E-state index contributed by atoms with van der Waals surface area (Å²) < 4.78 is 0.908. The first kappa shape index (κ1) is 25.2. The van der Waals surface area contributed by atoms with Crippen LogP contribution in [-0.2, 0) is 4.84 Å². The molecule has 3 heteroatoms. The van der Waals surface area contributed by atoms with E-state index in [1.807, 2.05) is 0 Å². The van der Waals surface area contributed by atoms with Gasteiger partial charge in [0.05, 0.1) is 0 Å². The molecule has 1 unspecified atom stereocenters. The summed E-state index contributed by atoms with van der Waals surface area (Å²) in [7, 11) is 0. The second-order valence-corrected chi connectivity index (χ2v) is 6.95. The van der Waals surface area contributed by atoms with E-state index in [9.17, 15) is 0 Å². The van der Waals surface area contributed by atoms with Gasteiger partial charge >= 0.3 is 0 Å². The van der Waals surface area contributed by atoms with Crippen LogP contribution in [0.3, 0.4) is 0 Å². The minimum atomic E-state index is 0. The maximum Gasteiger partial charge on any atom is 0.117 e. The Balaban J connectivity index is 0. The number of unbranched alkanes of at least 4 members (excludes halogenated alkanes) is 4. The summed E-state index contributed by atoms with van der Waals surface area (Å²) in [4.78, 5) is 6.78. The SMILES string of the molecule is CCCCCCC(CCCC)O[N+](CCC)(CCC)CCC.[BH4-]. The van der Waals surface area contributed by atoms with E-state index in [0.717, 1.165) is 4.65 Å². The topological polar surface area (TPSA) is 9.23 Å². The lowest BCUT2D eigenvalue weighted by atomic mass is 10.0. The van der Waals surface area contributed by atoms with Gasteiger partial charge in [-0.25, -0.2) is 0 Å². The van der Waals surface area contributed by atoms with E-state index in [1.165, 1.54) is 90.3 Å². The van der Waals surface area contributed by atoms with Crippen LogP contribution in [0.25, 0.3) is 0 Å². The molecule has 0 saturated heterocycles. The van der Waals surface area contributed by atoms with Crippen LogP contribution in [0.15, 0.2) is 0 Å². The van der Waals surface area contributed by atoms with E-state index < -0.39 is 0 Å². The summed E-state index contributed by atoms with van der Waals surface area (Å²) in [6, 6.07) is 0. The number of quaternary nitrogens is 1. The molecule has 0 saturated carbocycles. The molecule has 0 heterocycles. The Morgan fingerprint density at radius 3 is 1.52 bits per heavy atom. The highest BCUT2D eigenvalue weighted by atomic mass is 16.7. The van der Waals surface area contributed by atoms with Crippen LogP contribution >= 0.6 is 0 Å². The molecule has 0 bridgehead atoms. The van der Waals surface area contributed by atoms with Gasteiger partial charge in [-0.05, 0) is 32.1 Å². The van der Waals surface area contributed by atoms with Crippen molar-refractivity contribution in [2.75, 3.05) is 19.6 Å². The molecule has 0 fully saturated rings. The average Bonchev–Trinajstić information content (AvgIpc) is 2.49. The molecule has 23 heavy (non-hydrogen) atoms. The first-order valence-electron chi connectivity index (χ1n) is 10.2. The summed E-state index contributed by atoms with van der Waals surface area (Å²) in [6.07, 6.45) is 14.6. The molecule has 0 aliphatic heterocycles. The molecule has 0 aliphatic carbocycles. The van der Waals surface area contributed by atoms with Crippen molar-refractivity contribution in [3.8, 4) is 0 Å². The fourth-order valence-electron chi connectivity index (χ4n) is 3.51. The molecule has 0 aliphatic rings. The van der Waals surface area contributed by atoms with Crippen molar-refractivity contribution in [3.05, 3.63) is 0 Å². The van der Waals surface area contributed by atoms with E-state index in [4.69, 9.17) is 4.84 Å². The summed E-state index contributed by atoms with van der Waals surface area (Å²) >= 11 is 0. The Morgan fingerprint density at radius 1 is 0.609 bits per heavy atom. The van der Waals surface area contributed by atoms with Crippen LogP contribution in [0.1, 0.15) is 105 Å². The first-order chi connectivity index (χ1) is 10.7. The zero-order chi connectivity index (χ0) is 16.7. The van der Waals surface area contributed by atoms with Crippen LogP contribution < -0.4 is 0 Å². The maximum atomic E-state index is 6.78. The van der Waals surface area contributed by atoms with Crippen molar-refractivity contribution >= 4 is 8.41 Å². The lowest BCUT2D eigenvalue weighted by molar-refractivity contribution is -1.11. The molecule has 0 spiro atoms. The van der Waals surface area contributed by atoms with Crippen molar-refractivity contribution in [1.82, 2.24) is 0 Å². The summed E-state index contributed by atoms with van der Waals surface area (Å²) in [5.74, 6) is 0. The van der Waals surface area contributed by atoms with E-state index in [0.29, 0.717) is 6.10 Å². The number of nitrogens with zero attached hydrogens (tertiary/aromatic N) is 1. The van der Waals surface area contributed by atoms with Gasteiger partial charge in [-0.1, -0.05) is 81.6 Å². The molecule has 142 valence electrons. The van der Waals surface area contributed by atoms with Gasteiger partial charge in [-0.3, -0.25) is 0 Å². The van der Waals surface area contributed by atoms with Crippen molar-refractivity contribution in [2.24, 2.45) is 0 Å². The van der Waals surface area contributed by atoms with Gasteiger partial charge < -0.3 is 0 Å². The Morgan fingerprint density at radius 2 is 1.09 bits per heavy atom. The third-order valence-electron chi connectivity index (χ3n) is 4.53. The van der Waals surface area contributed by atoms with Crippen molar-refractivity contribution in [1.29, 1.82) is 0 Å². The summed E-state index contributed by atoms with van der Waals surface area (Å²) in [6.45, 7) is 15.0. The molecular formula is C20H48BNO. The standard InChI is InChI=1S/C20H44NO.BH4/c1-6-11-13-14-16-20(15-12-7-2)22-21(17-8-3,18-9-4)19-10-5;/h20H,6-19H2,1-5H3;1H4/q+1;-1. The highest BCUT2D eigenvalue weighted by Crippen LogP contribution is 2.22. The van der Waals surface area contributed by atoms with Gasteiger partial charge in [-0.2, -0.15) is 9.48 Å². The Hall–Kier alpha value is -0.0151. The summed E-state index contributed by atoms with van der Waals surface area (Å²) in [5, 5.41) is 0. The molecule has 2 nitrogen and oxygen atoms in total. The monoisotopic (exact) mass is 329 g/mol. The van der Waals surface area contributed by atoms with E-state index in [-0.39, 0.29) is 8.41 Å². The van der Waals surface area contributed by atoms with Crippen molar-refractivity contribution < 1.29 is 9.48 Å². The number of rotatable bonds is 16. The Kier molecular flexibility index (Phi) is 18.5. The van der Waals surface area contributed by atoms with Gasteiger partial charge in [0.25, 0.3) is 0 Å². The summed E-state index contributed by atoms with van der Waals surface area (Å²) in [5.41, 5.74) is 0. The normalized spacial score (nSPS) is 12.9. The van der Waals surface area contributed by atoms with Crippen LogP contribution in [0.5, 0.6) is 0 Å². The molecular weight excluding hydrogens is 281 g/mol. The number of hydroxylamine groups is 3. The molecule has 0 aromatic carbocycles. The lowest BCUT2D eigenvalue weighted by Crippen LogP contribution is -2.51. The predicted molar refractivity (Wildman–Crippen MR) is 110 cm³/mol. The third kappa shape index (κ3) is 12.1. The third-order valence-corrected chi connectivity index (χ3v) is 4.53. The first-order valence-corrected chi connectivity index (χ1v) is 10.2. The molecule has 0 radical (unpaired) electrons. The highest BCUT2D eigenvalue weighted by Gasteiger charge is 2.30. The van der Waals surface area contributed by atoms with Crippen LogP contribution in [0.4, 0.5) is 0 Å². The van der Waals surface area contributed by atoms with Crippen LogP contribution in [0, 0.1) is 0 Å². The quantitative estimate of drug-likeness (QED) is 0.167. The minimum Gasteiger partial charge on any atom is -0.200 e. The van der Waals surface area contributed by atoms with E-state index in [1.54, 1.807) is 0 Å². The van der Waals surface area contributed by atoms with E-state index >= 15 is 0 Å². The van der Waals surface area contributed by atoms with Crippen LogP contribution in [0.2, 0.25) is 0 Å². The van der Waals surface area contributed by atoms with Crippen LogP contribution in [-0.4, -0.2) is 38.8 Å². The van der Waals surface area contributed by atoms with Gasteiger partial charge in [0, 0.05) is 0 Å². The highest BCUT2D eigenvalue weighted by molar-refractivity contribution is 5.75. The van der Waals surface area contributed by atoms with Crippen molar-refractivity contribution in [2.45, 2.75) is 111 Å². The minimum absolute atomic E-state index is 0. The van der Waals surface area contributed by atoms with Gasteiger partial charge in [0.1, 0.15) is 25.7 Å². The lowest BCUT2D eigenvalue weighted by Gasteiger charge is -2.38. The van der Waals surface area contributed by atoms with Gasteiger partial charge in [-0.15, -0.1) is 0 Å². The van der Waals surface area contributed by atoms with Crippen molar-refractivity contribution in [3.63, 3.8) is 0 Å². The zero-order valence-electron chi connectivity index (χ0n) is 16.3. The molecule has 1 atom stereocenters. The Bertz CT molecular complexity index is 219. The van der Waals surface area contributed by atoms with Gasteiger partial charge in [0.15, 0.2) is 0 Å². The second kappa shape index (κ2) is 16.8. The fourth-order valence-corrected chi connectivity index (χ4v) is 3.51. The predicted octanol–water partition coefficient (Wildman–Crippen LogP) is 5.04. The number of hydrogen-bond donors (Lipinski definition) is 0. The van der Waals surface area contributed by atoms with Gasteiger partial charge in [0.2, 0.25) is 0 Å². The van der Waals surface area contributed by atoms with E-state index in [2.05, 4.69) is 34.6 Å². The molecule has 0 aromatic rings. The molecule has 0 aromatic heterocycles. The largest absolute Gasteiger partial charge is 0.200 e. The number of hydrogen-bond acceptors (Lipinski definition) is 1. The maximum absolute atomic E-state index is 6.78. The second-order valence-electron chi connectivity index (χ2n) is 6.95. The molecule has 0 amide bonds. The average molecular weight is 329 g/mol. The smallest absolute Gasteiger partial charge is 0.117 e. The molecule has 0 rings (SSSR count). The Labute approximate surface area is 149 Å². The fraction of sp³-hybridized carbons (Fsp3) is 1.00. The molecule has 0 N–H and O–H groups in total. The zero-order valence-corrected chi connectivity index (χ0v) is 16.3.